The Morgan fingerprint density at radius 3 is 2.67 bits per heavy atom. The predicted molar refractivity (Wildman–Crippen MR) is 67.4 cm³/mol. The van der Waals surface area contributed by atoms with Gasteiger partial charge in [0.1, 0.15) is 12.7 Å². The molecule has 2 N–H and O–H groups in total. The van der Waals surface area contributed by atoms with Crippen molar-refractivity contribution in [3.05, 3.63) is 48.0 Å². The fraction of sp³-hybridized carbons (Fsp3) is 0.214. The van der Waals surface area contributed by atoms with Crippen LogP contribution in [-0.4, -0.2) is 29.4 Å². The molecule has 0 aliphatic carbocycles. The lowest BCUT2D eigenvalue weighted by molar-refractivity contribution is -0.143. The average Bonchev–Trinajstić information content (AvgIpc) is 2.37. The Bertz CT molecular complexity index is 545. The van der Waals surface area contributed by atoms with Crippen LogP contribution in [0.5, 0.6) is 0 Å². The molecule has 0 bridgehead atoms. The molecule has 1 atom stereocenters. The molecule has 0 amide bonds. The molecule has 1 unspecified atom stereocenters. The summed E-state index contributed by atoms with van der Waals surface area (Å²) in [4.78, 5) is 10.3. The van der Waals surface area contributed by atoms with Crippen LogP contribution in [0, 0.1) is 0 Å². The Labute approximate surface area is 104 Å². The first-order valence-electron chi connectivity index (χ1n) is 5.64. The van der Waals surface area contributed by atoms with Crippen LogP contribution in [0.25, 0.3) is 10.8 Å². The van der Waals surface area contributed by atoms with Gasteiger partial charge in [-0.1, -0.05) is 42.5 Å². The molecule has 0 aromatic heterocycles. The highest BCUT2D eigenvalue weighted by molar-refractivity contribution is 5.85. The van der Waals surface area contributed by atoms with Gasteiger partial charge in [0.2, 0.25) is 0 Å². The summed E-state index contributed by atoms with van der Waals surface area (Å²) in [5.41, 5.74) is 0.749. The van der Waals surface area contributed by atoms with E-state index < -0.39 is 18.7 Å². The van der Waals surface area contributed by atoms with Crippen LogP contribution >= 0.6 is 0 Å². The molecule has 4 nitrogen and oxygen atoms in total. The van der Waals surface area contributed by atoms with Crippen molar-refractivity contribution in [1.29, 1.82) is 0 Å². The van der Waals surface area contributed by atoms with Crippen LogP contribution in [0.1, 0.15) is 11.7 Å². The highest BCUT2D eigenvalue weighted by Gasteiger charge is 2.11. The molecular formula is C14H14O4. The van der Waals surface area contributed by atoms with E-state index in [1.54, 1.807) is 0 Å². The van der Waals surface area contributed by atoms with Crippen LogP contribution in [0.15, 0.2) is 42.5 Å². The van der Waals surface area contributed by atoms with Crippen molar-refractivity contribution in [2.45, 2.75) is 6.10 Å². The van der Waals surface area contributed by atoms with E-state index in [9.17, 15) is 9.90 Å². The SMILES string of the molecule is O=C(O)COCC(O)c1cccc2ccccc12. The van der Waals surface area contributed by atoms with Gasteiger partial charge in [0, 0.05) is 0 Å². The molecule has 0 spiro atoms. The van der Waals surface area contributed by atoms with Gasteiger partial charge in [-0.25, -0.2) is 4.79 Å². The number of ether oxygens (including phenoxy) is 1. The second-order valence-corrected chi connectivity index (χ2v) is 3.99. The van der Waals surface area contributed by atoms with Crippen molar-refractivity contribution in [2.75, 3.05) is 13.2 Å². The third-order valence-electron chi connectivity index (χ3n) is 2.68. The van der Waals surface area contributed by atoms with Crippen LogP contribution < -0.4 is 0 Å². The van der Waals surface area contributed by atoms with Gasteiger partial charge in [-0.2, -0.15) is 0 Å². The Morgan fingerprint density at radius 2 is 1.89 bits per heavy atom. The second-order valence-electron chi connectivity index (χ2n) is 3.99. The zero-order valence-electron chi connectivity index (χ0n) is 9.74. The molecule has 0 aliphatic heterocycles. The Kier molecular flexibility index (Phi) is 3.92. The monoisotopic (exact) mass is 246 g/mol. The van der Waals surface area contributed by atoms with E-state index in [1.165, 1.54) is 0 Å². The van der Waals surface area contributed by atoms with E-state index in [0.29, 0.717) is 0 Å². The number of fused-ring (bicyclic) bond motifs is 1. The van der Waals surface area contributed by atoms with Crippen molar-refractivity contribution in [3.8, 4) is 0 Å². The topological polar surface area (TPSA) is 66.8 Å². The quantitative estimate of drug-likeness (QED) is 0.846. The smallest absolute Gasteiger partial charge is 0.329 e. The van der Waals surface area contributed by atoms with Crippen LogP contribution in [-0.2, 0) is 9.53 Å². The highest BCUT2D eigenvalue weighted by atomic mass is 16.5. The van der Waals surface area contributed by atoms with E-state index >= 15 is 0 Å². The van der Waals surface area contributed by atoms with Crippen LogP contribution in [0.3, 0.4) is 0 Å². The minimum atomic E-state index is -1.04. The molecule has 2 aromatic carbocycles. The van der Waals surface area contributed by atoms with Crippen LogP contribution in [0.4, 0.5) is 0 Å². The van der Waals surface area contributed by atoms with Gasteiger partial charge in [-0.3, -0.25) is 0 Å². The summed E-state index contributed by atoms with van der Waals surface area (Å²) < 4.78 is 4.91. The lowest BCUT2D eigenvalue weighted by atomic mass is 10.0. The van der Waals surface area contributed by atoms with E-state index in [2.05, 4.69) is 0 Å². The Hall–Kier alpha value is -1.91. The van der Waals surface area contributed by atoms with Gasteiger partial charge in [-0.05, 0) is 16.3 Å². The zero-order valence-corrected chi connectivity index (χ0v) is 9.74. The normalized spacial score (nSPS) is 12.5. The minimum Gasteiger partial charge on any atom is -0.480 e. The van der Waals surface area contributed by atoms with Gasteiger partial charge in [0.15, 0.2) is 0 Å². The third-order valence-corrected chi connectivity index (χ3v) is 2.68. The van der Waals surface area contributed by atoms with Gasteiger partial charge in [-0.15, -0.1) is 0 Å². The summed E-state index contributed by atoms with van der Waals surface area (Å²) in [7, 11) is 0. The number of aliphatic carboxylic acids is 1. The molecule has 2 aromatic rings. The maximum absolute atomic E-state index is 10.3. The molecule has 0 aliphatic rings. The maximum Gasteiger partial charge on any atom is 0.329 e. The number of benzene rings is 2. The number of carboxylic acid groups (broad SMARTS) is 1. The van der Waals surface area contributed by atoms with E-state index in [4.69, 9.17) is 9.84 Å². The van der Waals surface area contributed by atoms with Crippen molar-refractivity contribution >= 4 is 16.7 Å². The number of rotatable bonds is 5. The average molecular weight is 246 g/mol. The summed E-state index contributed by atoms with van der Waals surface area (Å²) in [6.07, 6.45) is -0.824. The fourth-order valence-corrected chi connectivity index (χ4v) is 1.89. The molecule has 2 rings (SSSR count). The highest BCUT2D eigenvalue weighted by Crippen LogP contribution is 2.24. The summed E-state index contributed by atoms with van der Waals surface area (Å²) in [5.74, 6) is -1.04. The fourth-order valence-electron chi connectivity index (χ4n) is 1.89. The van der Waals surface area contributed by atoms with Crippen molar-refractivity contribution in [1.82, 2.24) is 0 Å². The minimum absolute atomic E-state index is 0.0275. The first-order valence-corrected chi connectivity index (χ1v) is 5.64. The van der Waals surface area contributed by atoms with Crippen LogP contribution in [0.2, 0.25) is 0 Å². The first-order chi connectivity index (χ1) is 8.68. The number of hydrogen-bond acceptors (Lipinski definition) is 3. The molecule has 0 heterocycles. The number of aliphatic hydroxyl groups excluding tert-OH is 1. The zero-order chi connectivity index (χ0) is 13.0. The molecule has 18 heavy (non-hydrogen) atoms. The molecule has 0 saturated heterocycles. The van der Waals surface area contributed by atoms with E-state index in [0.717, 1.165) is 16.3 Å². The molecule has 4 heteroatoms. The lowest BCUT2D eigenvalue weighted by Gasteiger charge is -2.13. The summed E-state index contributed by atoms with van der Waals surface area (Å²) in [5, 5.41) is 20.5. The largest absolute Gasteiger partial charge is 0.480 e. The number of carboxylic acids is 1. The van der Waals surface area contributed by atoms with Crippen molar-refractivity contribution in [3.63, 3.8) is 0 Å². The summed E-state index contributed by atoms with van der Waals surface area (Å²) in [6.45, 7) is -0.428. The van der Waals surface area contributed by atoms with Gasteiger partial charge in [0.05, 0.1) is 6.61 Å². The van der Waals surface area contributed by atoms with Crippen molar-refractivity contribution < 1.29 is 19.7 Å². The number of carbonyl (C=O) groups is 1. The molecule has 0 saturated carbocycles. The van der Waals surface area contributed by atoms with Gasteiger partial charge < -0.3 is 14.9 Å². The van der Waals surface area contributed by atoms with E-state index in [-0.39, 0.29) is 6.61 Å². The van der Waals surface area contributed by atoms with Crippen molar-refractivity contribution in [2.24, 2.45) is 0 Å². The van der Waals surface area contributed by atoms with E-state index in [1.807, 2.05) is 42.5 Å². The molecule has 0 fully saturated rings. The Morgan fingerprint density at radius 1 is 1.17 bits per heavy atom. The molecular weight excluding hydrogens is 232 g/mol. The third kappa shape index (κ3) is 2.85. The standard InChI is InChI=1S/C14H14O4/c15-13(8-18-9-14(16)17)12-7-3-5-10-4-1-2-6-11(10)12/h1-7,13,15H,8-9H2,(H,16,17). The maximum atomic E-state index is 10.3. The second kappa shape index (κ2) is 5.62. The predicted octanol–water partition coefficient (Wildman–Crippen LogP) is 1.97. The summed E-state index contributed by atoms with van der Waals surface area (Å²) >= 11 is 0. The van der Waals surface area contributed by atoms with Gasteiger partial charge in [0.25, 0.3) is 0 Å². The number of hydrogen-bond donors (Lipinski definition) is 2. The first kappa shape index (κ1) is 12.5. The Balaban J connectivity index is 2.17. The summed E-state index contributed by atoms with van der Waals surface area (Å²) in [6, 6.07) is 13.4. The lowest BCUT2D eigenvalue weighted by Crippen LogP contribution is -2.13. The van der Waals surface area contributed by atoms with Gasteiger partial charge >= 0.3 is 5.97 Å². The molecule has 0 radical (unpaired) electrons. The number of aliphatic hydroxyl groups is 1. The molecule has 94 valence electrons.